The van der Waals surface area contributed by atoms with E-state index in [4.69, 9.17) is 21.1 Å². The van der Waals surface area contributed by atoms with Gasteiger partial charge in [0.05, 0.1) is 17.3 Å². The molecule has 1 aliphatic heterocycles. The second kappa shape index (κ2) is 11.7. The molecule has 0 radical (unpaired) electrons. The fourth-order valence-corrected chi connectivity index (χ4v) is 4.07. The van der Waals surface area contributed by atoms with E-state index in [1.165, 1.54) is 42.5 Å². The molecule has 39 heavy (non-hydrogen) atoms. The number of rotatable bonds is 8. The third-order valence-corrected chi connectivity index (χ3v) is 5.78. The van der Waals surface area contributed by atoms with Gasteiger partial charge in [-0.15, -0.1) is 0 Å². The summed E-state index contributed by atoms with van der Waals surface area (Å²) in [5.74, 6) is -1.91. The summed E-state index contributed by atoms with van der Waals surface area (Å²) in [5, 5.41) is 14.5. The van der Waals surface area contributed by atoms with Gasteiger partial charge in [-0.25, -0.2) is 9.69 Å². The van der Waals surface area contributed by atoms with Crippen LogP contribution in [0.15, 0.2) is 66.2 Å². The van der Waals surface area contributed by atoms with Crippen molar-refractivity contribution in [3.8, 4) is 17.2 Å². The Hall–Kier alpha value is -4.83. The van der Waals surface area contributed by atoms with E-state index >= 15 is 0 Å². The number of aryl methyl sites for hydroxylation is 1. The maximum atomic E-state index is 13.1. The SMILES string of the molecule is CCOc1cc(/C=C2\C(=O)NC(=O)N(c3ccc(O)cc3)C2=O)cc(Cl)c1OCC(=O)Nc1cccc(C)c1. The van der Waals surface area contributed by atoms with Crippen molar-refractivity contribution in [3.63, 3.8) is 0 Å². The molecule has 1 aliphatic rings. The number of hydrogen-bond acceptors (Lipinski definition) is 7. The number of benzene rings is 3. The fourth-order valence-electron chi connectivity index (χ4n) is 3.79. The molecule has 0 saturated carbocycles. The van der Waals surface area contributed by atoms with Crippen LogP contribution in [-0.2, 0) is 14.4 Å². The zero-order valence-electron chi connectivity index (χ0n) is 21.0. The Morgan fingerprint density at radius 2 is 1.82 bits per heavy atom. The number of imide groups is 2. The van der Waals surface area contributed by atoms with Crippen LogP contribution in [0.4, 0.5) is 16.2 Å². The van der Waals surface area contributed by atoms with Crippen LogP contribution in [0.25, 0.3) is 6.08 Å². The maximum Gasteiger partial charge on any atom is 0.335 e. The lowest BCUT2D eigenvalue weighted by atomic mass is 10.1. The Labute approximate surface area is 228 Å². The topological polar surface area (TPSA) is 134 Å². The second-order valence-electron chi connectivity index (χ2n) is 8.44. The Bertz CT molecular complexity index is 1480. The number of phenolic OH excluding ortho intramolecular Hbond substituents is 1. The van der Waals surface area contributed by atoms with Crippen molar-refractivity contribution in [2.45, 2.75) is 13.8 Å². The highest BCUT2D eigenvalue weighted by molar-refractivity contribution is 6.39. The Kier molecular flexibility index (Phi) is 8.16. The number of hydrogen-bond donors (Lipinski definition) is 3. The van der Waals surface area contributed by atoms with Gasteiger partial charge in [0.15, 0.2) is 18.1 Å². The van der Waals surface area contributed by atoms with Gasteiger partial charge < -0.3 is 19.9 Å². The lowest BCUT2D eigenvalue weighted by molar-refractivity contribution is -0.122. The molecule has 3 aromatic rings. The van der Waals surface area contributed by atoms with Crippen molar-refractivity contribution in [2.75, 3.05) is 23.4 Å². The number of urea groups is 1. The number of aromatic hydroxyl groups is 1. The summed E-state index contributed by atoms with van der Waals surface area (Å²) in [6, 6.07) is 14.7. The van der Waals surface area contributed by atoms with Gasteiger partial charge >= 0.3 is 6.03 Å². The van der Waals surface area contributed by atoms with E-state index < -0.39 is 23.8 Å². The predicted octanol–water partition coefficient (Wildman–Crippen LogP) is 4.44. The highest BCUT2D eigenvalue weighted by Gasteiger charge is 2.37. The van der Waals surface area contributed by atoms with E-state index in [-0.39, 0.29) is 46.7 Å². The number of amides is 5. The summed E-state index contributed by atoms with van der Waals surface area (Å²) in [6.45, 7) is 3.54. The van der Waals surface area contributed by atoms with Crippen LogP contribution in [-0.4, -0.2) is 42.1 Å². The van der Waals surface area contributed by atoms with Crippen molar-refractivity contribution in [3.05, 3.63) is 82.4 Å². The van der Waals surface area contributed by atoms with Gasteiger partial charge in [-0.2, -0.15) is 0 Å². The number of anilines is 2. The highest BCUT2D eigenvalue weighted by atomic mass is 35.5. The van der Waals surface area contributed by atoms with Crippen molar-refractivity contribution in [2.24, 2.45) is 0 Å². The van der Waals surface area contributed by atoms with Crippen LogP contribution >= 0.6 is 11.6 Å². The van der Waals surface area contributed by atoms with Crippen molar-refractivity contribution < 1.29 is 33.8 Å². The van der Waals surface area contributed by atoms with Gasteiger partial charge in [-0.3, -0.25) is 19.7 Å². The van der Waals surface area contributed by atoms with Crippen molar-refractivity contribution in [1.29, 1.82) is 0 Å². The summed E-state index contributed by atoms with van der Waals surface area (Å²) in [5.41, 5.74) is 1.76. The lowest BCUT2D eigenvalue weighted by Gasteiger charge is -2.26. The Morgan fingerprint density at radius 1 is 1.08 bits per heavy atom. The fraction of sp³-hybridized carbons (Fsp3) is 0.143. The number of carbonyl (C=O) groups is 4. The second-order valence-corrected chi connectivity index (χ2v) is 8.85. The molecule has 1 heterocycles. The van der Waals surface area contributed by atoms with E-state index in [1.54, 1.807) is 13.0 Å². The molecule has 200 valence electrons. The normalized spacial score (nSPS) is 14.3. The molecule has 1 saturated heterocycles. The number of barbiturate groups is 1. The standard InChI is InChI=1S/C28H24ClN3O7/c1-3-38-23-14-17(13-22(29)25(23)39-15-24(34)30-18-6-4-5-16(2)11-18)12-21-26(35)31-28(37)32(27(21)36)19-7-9-20(33)10-8-19/h4-14,33H,3,15H2,1-2H3,(H,30,34)(H,31,35,37)/b21-12+. The summed E-state index contributed by atoms with van der Waals surface area (Å²) >= 11 is 6.45. The molecule has 0 aromatic heterocycles. The summed E-state index contributed by atoms with van der Waals surface area (Å²) in [6.07, 6.45) is 1.26. The number of halogens is 1. The predicted molar refractivity (Wildman–Crippen MR) is 145 cm³/mol. The third-order valence-electron chi connectivity index (χ3n) is 5.50. The molecular weight excluding hydrogens is 526 g/mol. The number of nitrogens with one attached hydrogen (secondary N) is 2. The van der Waals surface area contributed by atoms with Gasteiger partial charge in [-0.05, 0) is 79.6 Å². The average molecular weight is 550 g/mol. The summed E-state index contributed by atoms with van der Waals surface area (Å²) in [4.78, 5) is 51.3. The molecule has 0 atom stereocenters. The minimum absolute atomic E-state index is 0.0523. The largest absolute Gasteiger partial charge is 0.508 e. The smallest absolute Gasteiger partial charge is 0.335 e. The van der Waals surface area contributed by atoms with Gasteiger partial charge in [0.25, 0.3) is 17.7 Å². The summed E-state index contributed by atoms with van der Waals surface area (Å²) < 4.78 is 11.3. The molecule has 0 bridgehead atoms. The van der Waals surface area contributed by atoms with Gasteiger partial charge in [-0.1, -0.05) is 23.7 Å². The molecule has 10 nitrogen and oxygen atoms in total. The quantitative estimate of drug-likeness (QED) is 0.279. The molecular formula is C28H24ClN3O7. The minimum Gasteiger partial charge on any atom is -0.508 e. The minimum atomic E-state index is -0.923. The zero-order valence-corrected chi connectivity index (χ0v) is 21.7. The van der Waals surface area contributed by atoms with E-state index in [1.807, 2.05) is 25.1 Å². The van der Waals surface area contributed by atoms with Crippen LogP contribution in [0.5, 0.6) is 17.2 Å². The van der Waals surface area contributed by atoms with Crippen LogP contribution < -0.4 is 25.0 Å². The average Bonchev–Trinajstić information content (AvgIpc) is 2.87. The molecule has 0 aliphatic carbocycles. The number of nitrogens with zero attached hydrogens (tertiary/aromatic N) is 1. The van der Waals surface area contributed by atoms with E-state index in [9.17, 15) is 24.3 Å². The zero-order chi connectivity index (χ0) is 28.1. The molecule has 1 fully saturated rings. The number of phenols is 1. The molecule has 3 N–H and O–H groups in total. The van der Waals surface area contributed by atoms with E-state index in [2.05, 4.69) is 10.6 Å². The first-order chi connectivity index (χ1) is 18.7. The van der Waals surface area contributed by atoms with E-state index in [0.717, 1.165) is 10.5 Å². The van der Waals surface area contributed by atoms with E-state index in [0.29, 0.717) is 11.3 Å². The first-order valence-electron chi connectivity index (χ1n) is 11.8. The van der Waals surface area contributed by atoms with Crippen LogP contribution in [0.1, 0.15) is 18.1 Å². The number of carbonyl (C=O) groups excluding carboxylic acids is 4. The molecule has 0 unspecified atom stereocenters. The van der Waals surface area contributed by atoms with Crippen LogP contribution in [0.3, 0.4) is 0 Å². The van der Waals surface area contributed by atoms with Crippen molar-refractivity contribution in [1.82, 2.24) is 5.32 Å². The third kappa shape index (κ3) is 6.36. The maximum absolute atomic E-state index is 13.1. The number of ether oxygens (including phenoxy) is 2. The monoisotopic (exact) mass is 549 g/mol. The van der Waals surface area contributed by atoms with Gasteiger partial charge in [0.2, 0.25) is 0 Å². The lowest BCUT2D eigenvalue weighted by Crippen LogP contribution is -2.54. The van der Waals surface area contributed by atoms with Crippen LogP contribution in [0, 0.1) is 6.92 Å². The first kappa shape index (κ1) is 27.2. The Balaban J connectivity index is 1.58. The van der Waals surface area contributed by atoms with Crippen molar-refractivity contribution >= 4 is 52.8 Å². The van der Waals surface area contributed by atoms with Gasteiger partial charge in [0, 0.05) is 5.69 Å². The highest BCUT2D eigenvalue weighted by Crippen LogP contribution is 2.37. The van der Waals surface area contributed by atoms with Crippen LogP contribution in [0.2, 0.25) is 5.02 Å². The van der Waals surface area contributed by atoms with Gasteiger partial charge in [0.1, 0.15) is 11.3 Å². The first-order valence-corrected chi connectivity index (χ1v) is 12.2. The Morgan fingerprint density at radius 3 is 2.51 bits per heavy atom. The molecule has 4 rings (SSSR count). The molecule has 0 spiro atoms. The summed E-state index contributed by atoms with van der Waals surface area (Å²) in [7, 11) is 0. The molecule has 11 heteroatoms. The molecule has 5 amide bonds. The molecule has 3 aromatic carbocycles.